The van der Waals surface area contributed by atoms with Crippen molar-refractivity contribution in [2.75, 3.05) is 23.1 Å². The van der Waals surface area contributed by atoms with E-state index in [1.54, 1.807) is 43.5 Å². The highest BCUT2D eigenvalue weighted by Crippen LogP contribution is 2.25. The maximum atomic E-state index is 13.2. The van der Waals surface area contributed by atoms with Crippen LogP contribution in [0.25, 0.3) is 0 Å². The molecule has 1 atom stereocenters. The topological polar surface area (TPSA) is 79.5 Å². The molecule has 0 bridgehead atoms. The van der Waals surface area contributed by atoms with E-state index < -0.39 is 6.04 Å². The Balaban J connectivity index is 1.49. The largest absolute Gasteiger partial charge is 0.495 e. The number of hydrogen-bond acceptors (Lipinski definition) is 4. The van der Waals surface area contributed by atoms with Crippen molar-refractivity contribution in [3.63, 3.8) is 0 Å². The van der Waals surface area contributed by atoms with E-state index in [0.717, 1.165) is 5.56 Å². The molecular weight excluding hydrogens is 445 g/mol. The summed E-state index contributed by atoms with van der Waals surface area (Å²) < 4.78 is 18.5. The van der Waals surface area contributed by atoms with Gasteiger partial charge in [0, 0.05) is 16.9 Å². The van der Waals surface area contributed by atoms with E-state index in [2.05, 4.69) is 16.0 Å². The predicted molar refractivity (Wildman–Crippen MR) is 135 cm³/mol. The van der Waals surface area contributed by atoms with Crippen molar-refractivity contribution in [3.05, 3.63) is 120 Å². The highest BCUT2D eigenvalue weighted by atomic mass is 19.1. The van der Waals surface area contributed by atoms with Crippen LogP contribution in [0.4, 0.5) is 21.5 Å². The zero-order valence-corrected chi connectivity index (χ0v) is 19.0. The summed E-state index contributed by atoms with van der Waals surface area (Å²) in [5, 5.41) is 8.87. The van der Waals surface area contributed by atoms with Gasteiger partial charge < -0.3 is 20.7 Å². The van der Waals surface area contributed by atoms with E-state index in [4.69, 9.17) is 4.74 Å². The fraction of sp³-hybridized carbons (Fsp3) is 0.0714. The first-order chi connectivity index (χ1) is 17.0. The quantitative estimate of drug-likeness (QED) is 0.301. The SMILES string of the molecule is COc1ccccc1NC(=O)c1ccc(N[C@H](C(=O)Nc2ccc(F)cc2)c2ccccc2)cc1. The molecule has 0 aliphatic rings. The second-order valence-corrected chi connectivity index (χ2v) is 7.72. The molecule has 0 aliphatic heterocycles. The zero-order valence-electron chi connectivity index (χ0n) is 19.0. The van der Waals surface area contributed by atoms with Crippen LogP contribution in [0, 0.1) is 5.82 Å². The molecule has 3 N–H and O–H groups in total. The number of amides is 2. The van der Waals surface area contributed by atoms with Crippen molar-refractivity contribution in [1.29, 1.82) is 0 Å². The van der Waals surface area contributed by atoms with Crippen LogP contribution < -0.4 is 20.7 Å². The molecule has 2 amide bonds. The van der Waals surface area contributed by atoms with Crippen molar-refractivity contribution in [2.24, 2.45) is 0 Å². The zero-order chi connectivity index (χ0) is 24.6. The maximum Gasteiger partial charge on any atom is 0.255 e. The van der Waals surface area contributed by atoms with Gasteiger partial charge in [0.05, 0.1) is 12.8 Å². The van der Waals surface area contributed by atoms with E-state index in [9.17, 15) is 14.0 Å². The molecule has 0 radical (unpaired) electrons. The molecule has 0 saturated heterocycles. The number of rotatable bonds is 8. The minimum atomic E-state index is -0.713. The Morgan fingerprint density at radius 2 is 1.37 bits per heavy atom. The molecule has 4 rings (SSSR count). The molecule has 4 aromatic rings. The molecule has 6 nitrogen and oxygen atoms in total. The number of halogens is 1. The average molecular weight is 470 g/mol. The standard InChI is InChI=1S/C28H24FN3O3/c1-35-25-10-6-5-9-24(25)32-27(33)20-11-15-22(16-12-20)30-26(19-7-3-2-4-8-19)28(34)31-23-17-13-21(29)14-18-23/h2-18,26,30H,1H3,(H,31,34)(H,32,33)/t26-/m0/s1. The van der Waals surface area contributed by atoms with Crippen LogP contribution in [0.2, 0.25) is 0 Å². The Morgan fingerprint density at radius 3 is 2.06 bits per heavy atom. The summed E-state index contributed by atoms with van der Waals surface area (Å²) in [6.07, 6.45) is 0. The number of benzene rings is 4. The summed E-state index contributed by atoms with van der Waals surface area (Å²) in [6.45, 7) is 0. The van der Waals surface area contributed by atoms with Gasteiger partial charge in [0.25, 0.3) is 11.8 Å². The first kappa shape index (κ1) is 23.5. The normalized spacial score (nSPS) is 11.3. The number of para-hydroxylation sites is 2. The number of ether oxygens (including phenoxy) is 1. The van der Waals surface area contributed by atoms with Crippen molar-refractivity contribution >= 4 is 28.9 Å². The highest BCUT2D eigenvalue weighted by molar-refractivity contribution is 6.05. The molecule has 0 spiro atoms. The molecule has 4 aromatic carbocycles. The van der Waals surface area contributed by atoms with Crippen LogP contribution in [0.5, 0.6) is 5.75 Å². The average Bonchev–Trinajstić information content (AvgIpc) is 2.89. The van der Waals surface area contributed by atoms with E-state index in [0.29, 0.717) is 28.4 Å². The summed E-state index contributed by atoms with van der Waals surface area (Å²) in [6, 6.07) is 28.1. The van der Waals surface area contributed by atoms with Gasteiger partial charge in [-0.1, -0.05) is 42.5 Å². The first-order valence-corrected chi connectivity index (χ1v) is 11.0. The summed E-state index contributed by atoms with van der Waals surface area (Å²) >= 11 is 0. The third-order valence-electron chi connectivity index (χ3n) is 5.32. The third kappa shape index (κ3) is 6.03. The lowest BCUT2D eigenvalue weighted by atomic mass is 10.0. The fourth-order valence-electron chi connectivity index (χ4n) is 3.52. The molecule has 0 heterocycles. The smallest absolute Gasteiger partial charge is 0.255 e. The van der Waals surface area contributed by atoms with Crippen molar-refractivity contribution in [3.8, 4) is 5.75 Å². The summed E-state index contributed by atoms with van der Waals surface area (Å²) in [4.78, 5) is 25.8. The predicted octanol–water partition coefficient (Wildman–Crippen LogP) is 5.88. The van der Waals surface area contributed by atoms with Crippen LogP contribution in [0.15, 0.2) is 103 Å². The number of anilines is 3. The Hall–Kier alpha value is -4.65. The second-order valence-electron chi connectivity index (χ2n) is 7.72. The van der Waals surface area contributed by atoms with E-state index in [1.165, 1.54) is 24.3 Å². The van der Waals surface area contributed by atoms with Crippen LogP contribution in [0.3, 0.4) is 0 Å². The molecule has 176 valence electrons. The Bertz CT molecular complexity index is 1290. The number of carbonyl (C=O) groups is 2. The van der Waals surface area contributed by atoms with Gasteiger partial charge in [-0.25, -0.2) is 4.39 Å². The number of hydrogen-bond donors (Lipinski definition) is 3. The lowest BCUT2D eigenvalue weighted by Crippen LogP contribution is -2.27. The van der Waals surface area contributed by atoms with E-state index >= 15 is 0 Å². The second kappa shape index (κ2) is 11.0. The first-order valence-electron chi connectivity index (χ1n) is 11.0. The van der Waals surface area contributed by atoms with Gasteiger partial charge in [0.2, 0.25) is 0 Å². The monoisotopic (exact) mass is 469 g/mol. The number of nitrogens with one attached hydrogen (secondary N) is 3. The van der Waals surface area contributed by atoms with E-state index in [-0.39, 0.29) is 17.6 Å². The van der Waals surface area contributed by atoms with Crippen LogP contribution >= 0.6 is 0 Å². The minimum absolute atomic E-state index is 0.283. The van der Waals surface area contributed by atoms with Crippen LogP contribution in [0.1, 0.15) is 22.0 Å². The third-order valence-corrected chi connectivity index (χ3v) is 5.32. The molecule has 0 aromatic heterocycles. The van der Waals surface area contributed by atoms with Gasteiger partial charge >= 0.3 is 0 Å². The summed E-state index contributed by atoms with van der Waals surface area (Å²) in [5.41, 5.74) is 2.92. The molecular formula is C28H24FN3O3. The maximum absolute atomic E-state index is 13.2. The minimum Gasteiger partial charge on any atom is -0.495 e. The fourth-order valence-corrected chi connectivity index (χ4v) is 3.52. The molecule has 0 unspecified atom stereocenters. The van der Waals surface area contributed by atoms with Crippen molar-refractivity contribution in [1.82, 2.24) is 0 Å². The number of methoxy groups -OCH3 is 1. The number of carbonyl (C=O) groups excluding carboxylic acids is 2. The van der Waals surface area contributed by atoms with E-state index in [1.807, 2.05) is 42.5 Å². The Kier molecular flexibility index (Phi) is 7.37. The molecule has 0 saturated carbocycles. The molecule has 7 heteroatoms. The van der Waals surface area contributed by atoms with Gasteiger partial charge in [-0.05, 0) is 66.2 Å². The van der Waals surface area contributed by atoms with Crippen LogP contribution in [-0.4, -0.2) is 18.9 Å². The summed E-state index contributed by atoms with van der Waals surface area (Å²) in [7, 11) is 1.54. The van der Waals surface area contributed by atoms with Gasteiger partial charge in [0.15, 0.2) is 0 Å². The summed E-state index contributed by atoms with van der Waals surface area (Å²) in [5.74, 6) is -0.400. The van der Waals surface area contributed by atoms with Gasteiger partial charge in [-0.3, -0.25) is 9.59 Å². The Morgan fingerprint density at radius 1 is 0.743 bits per heavy atom. The van der Waals surface area contributed by atoms with Gasteiger partial charge in [-0.2, -0.15) is 0 Å². The van der Waals surface area contributed by atoms with Crippen LogP contribution in [-0.2, 0) is 4.79 Å². The Labute approximate surface area is 202 Å². The lowest BCUT2D eigenvalue weighted by molar-refractivity contribution is -0.117. The molecule has 35 heavy (non-hydrogen) atoms. The van der Waals surface area contributed by atoms with Crippen molar-refractivity contribution in [2.45, 2.75) is 6.04 Å². The lowest BCUT2D eigenvalue weighted by Gasteiger charge is -2.20. The molecule has 0 fully saturated rings. The highest BCUT2D eigenvalue weighted by Gasteiger charge is 2.21. The van der Waals surface area contributed by atoms with Gasteiger partial charge in [0.1, 0.15) is 17.6 Å². The van der Waals surface area contributed by atoms with Crippen molar-refractivity contribution < 1.29 is 18.7 Å². The van der Waals surface area contributed by atoms with Gasteiger partial charge in [-0.15, -0.1) is 0 Å². The molecule has 0 aliphatic carbocycles.